The third-order valence-corrected chi connectivity index (χ3v) is 4.40. The fourth-order valence-corrected chi connectivity index (χ4v) is 3.14. The van der Waals surface area contributed by atoms with Gasteiger partial charge in [-0.3, -0.25) is 9.59 Å². The average Bonchev–Trinajstić information content (AvgIpc) is 2.83. The Balaban J connectivity index is 1.63. The molecule has 4 heteroatoms. The molecule has 2 aromatic rings. The van der Waals surface area contributed by atoms with Gasteiger partial charge in [0.25, 0.3) is 0 Å². The SMILES string of the molecule is O=c1c(NCCN2CCCCCC2)c(-c2ccccc2)c1=O. The van der Waals surface area contributed by atoms with Crippen LogP contribution in [0, 0.1) is 0 Å². The van der Waals surface area contributed by atoms with Gasteiger partial charge < -0.3 is 10.2 Å². The van der Waals surface area contributed by atoms with Crippen LogP contribution in [0.5, 0.6) is 0 Å². The Labute approximate surface area is 130 Å². The minimum atomic E-state index is -0.380. The van der Waals surface area contributed by atoms with Crippen LogP contribution in [0.15, 0.2) is 39.9 Å². The topological polar surface area (TPSA) is 49.4 Å². The average molecular weight is 298 g/mol. The minimum Gasteiger partial charge on any atom is -0.380 e. The predicted molar refractivity (Wildman–Crippen MR) is 90.2 cm³/mol. The van der Waals surface area contributed by atoms with Crippen LogP contribution >= 0.6 is 0 Å². The number of benzene rings is 1. The van der Waals surface area contributed by atoms with Crippen molar-refractivity contribution in [1.29, 1.82) is 0 Å². The molecule has 1 saturated heterocycles. The minimum absolute atomic E-state index is 0.372. The van der Waals surface area contributed by atoms with E-state index in [1.807, 2.05) is 30.3 Å². The van der Waals surface area contributed by atoms with Crippen LogP contribution in [0.25, 0.3) is 11.1 Å². The van der Waals surface area contributed by atoms with Gasteiger partial charge in [-0.1, -0.05) is 43.2 Å². The van der Waals surface area contributed by atoms with E-state index in [9.17, 15) is 9.59 Å². The van der Waals surface area contributed by atoms with E-state index >= 15 is 0 Å². The number of hydrogen-bond acceptors (Lipinski definition) is 4. The molecule has 0 saturated carbocycles. The first-order chi connectivity index (χ1) is 10.8. The first kappa shape index (κ1) is 15.0. The molecule has 0 aromatic heterocycles. The van der Waals surface area contributed by atoms with Crippen LogP contribution in [0.3, 0.4) is 0 Å². The highest BCUT2D eigenvalue weighted by Gasteiger charge is 2.21. The summed E-state index contributed by atoms with van der Waals surface area (Å²) in [6, 6.07) is 9.41. The fraction of sp³-hybridized carbons (Fsp3) is 0.444. The molecule has 0 atom stereocenters. The molecule has 0 unspecified atom stereocenters. The van der Waals surface area contributed by atoms with E-state index in [-0.39, 0.29) is 10.9 Å². The third kappa shape index (κ3) is 3.12. The van der Waals surface area contributed by atoms with Gasteiger partial charge in [0, 0.05) is 13.1 Å². The zero-order valence-electron chi connectivity index (χ0n) is 12.8. The summed E-state index contributed by atoms with van der Waals surface area (Å²) in [6.07, 6.45) is 5.16. The second-order valence-corrected chi connectivity index (χ2v) is 5.96. The molecular formula is C18H22N2O2. The van der Waals surface area contributed by atoms with Gasteiger partial charge in [0.1, 0.15) is 0 Å². The molecule has 116 valence electrons. The van der Waals surface area contributed by atoms with Crippen LogP contribution in [-0.2, 0) is 0 Å². The van der Waals surface area contributed by atoms with Gasteiger partial charge in [-0.2, -0.15) is 0 Å². The Kier molecular flexibility index (Phi) is 4.68. The van der Waals surface area contributed by atoms with Crippen LogP contribution < -0.4 is 16.2 Å². The molecule has 1 aliphatic rings. The normalized spacial score (nSPS) is 16.5. The second kappa shape index (κ2) is 6.88. The molecule has 1 fully saturated rings. The molecular weight excluding hydrogens is 276 g/mol. The van der Waals surface area contributed by atoms with Crippen LogP contribution in [0.4, 0.5) is 5.69 Å². The molecule has 0 radical (unpaired) electrons. The number of nitrogens with zero attached hydrogens (tertiary/aromatic N) is 1. The number of likely N-dealkylation sites (tertiary alicyclic amines) is 1. The molecule has 4 nitrogen and oxygen atoms in total. The standard InChI is InChI=1S/C18H22N2O2/c21-17-15(14-8-4-3-5-9-14)16(18(17)22)19-10-13-20-11-6-1-2-7-12-20/h3-5,8-9,19H,1-2,6-7,10-13H2. The van der Waals surface area contributed by atoms with E-state index < -0.39 is 0 Å². The molecule has 1 aliphatic heterocycles. The molecule has 1 N–H and O–H groups in total. The highest BCUT2D eigenvalue weighted by molar-refractivity contribution is 5.81. The van der Waals surface area contributed by atoms with E-state index in [1.165, 1.54) is 25.7 Å². The van der Waals surface area contributed by atoms with E-state index in [0.717, 1.165) is 25.2 Å². The summed E-state index contributed by atoms with van der Waals surface area (Å²) < 4.78 is 0. The lowest BCUT2D eigenvalue weighted by Crippen LogP contribution is -2.38. The van der Waals surface area contributed by atoms with Crippen LogP contribution in [-0.4, -0.2) is 31.1 Å². The molecule has 0 aliphatic carbocycles. The Hall–Kier alpha value is -1.94. The lowest BCUT2D eigenvalue weighted by Gasteiger charge is -2.21. The maximum atomic E-state index is 11.8. The van der Waals surface area contributed by atoms with Crippen molar-refractivity contribution in [3.63, 3.8) is 0 Å². The van der Waals surface area contributed by atoms with Gasteiger partial charge >= 0.3 is 0 Å². The molecule has 22 heavy (non-hydrogen) atoms. The zero-order valence-corrected chi connectivity index (χ0v) is 12.8. The Morgan fingerprint density at radius 3 is 2.27 bits per heavy atom. The van der Waals surface area contributed by atoms with Gasteiger partial charge in [0.05, 0.1) is 11.3 Å². The highest BCUT2D eigenvalue weighted by atomic mass is 16.2. The van der Waals surface area contributed by atoms with Gasteiger partial charge in [-0.25, -0.2) is 0 Å². The maximum absolute atomic E-state index is 11.8. The lowest BCUT2D eigenvalue weighted by molar-refractivity contribution is 0.296. The van der Waals surface area contributed by atoms with Crippen molar-refractivity contribution < 1.29 is 0 Å². The summed E-state index contributed by atoms with van der Waals surface area (Å²) in [6.45, 7) is 3.91. The van der Waals surface area contributed by atoms with Gasteiger partial charge in [-0.05, 0) is 31.5 Å². The highest BCUT2D eigenvalue weighted by Crippen LogP contribution is 2.22. The Morgan fingerprint density at radius 1 is 0.909 bits per heavy atom. The third-order valence-electron chi connectivity index (χ3n) is 4.40. The monoisotopic (exact) mass is 298 g/mol. The van der Waals surface area contributed by atoms with Crippen molar-refractivity contribution in [2.45, 2.75) is 25.7 Å². The van der Waals surface area contributed by atoms with Gasteiger partial charge in [0.15, 0.2) is 0 Å². The molecule has 2 aromatic carbocycles. The lowest BCUT2D eigenvalue weighted by atomic mass is 9.99. The molecule has 0 amide bonds. The van der Waals surface area contributed by atoms with E-state index in [0.29, 0.717) is 17.8 Å². The second-order valence-electron chi connectivity index (χ2n) is 5.96. The van der Waals surface area contributed by atoms with Gasteiger partial charge in [0.2, 0.25) is 10.9 Å². The molecule has 1 heterocycles. The van der Waals surface area contributed by atoms with Crippen molar-refractivity contribution in [1.82, 2.24) is 4.90 Å². The fourth-order valence-electron chi connectivity index (χ4n) is 3.14. The summed E-state index contributed by atoms with van der Waals surface area (Å²) in [7, 11) is 0. The summed E-state index contributed by atoms with van der Waals surface area (Å²) >= 11 is 0. The van der Waals surface area contributed by atoms with Gasteiger partial charge in [-0.15, -0.1) is 0 Å². The summed E-state index contributed by atoms with van der Waals surface area (Å²) in [5.74, 6) is 0. The van der Waals surface area contributed by atoms with Crippen LogP contribution in [0.2, 0.25) is 0 Å². The number of anilines is 1. The van der Waals surface area contributed by atoms with E-state index in [2.05, 4.69) is 10.2 Å². The molecule has 0 spiro atoms. The van der Waals surface area contributed by atoms with E-state index in [1.54, 1.807) is 0 Å². The summed E-state index contributed by atoms with van der Waals surface area (Å²) in [5, 5.41) is 3.18. The summed E-state index contributed by atoms with van der Waals surface area (Å²) in [5.41, 5.74) is 1.11. The van der Waals surface area contributed by atoms with Crippen LogP contribution in [0.1, 0.15) is 25.7 Å². The smallest absolute Gasteiger partial charge is 0.250 e. The van der Waals surface area contributed by atoms with Crippen molar-refractivity contribution in [2.24, 2.45) is 0 Å². The van der Waals surface area contributed by atoms with E-state index in [4.69, 9.17) is 0 Å². The number of hydrogen-bond donors (Lipinski definition) is 1. The van der Waals surface area contributed by atoms with Crippen molar-refractivity contribution in [3.05, 3.63) is 50.8 Å². The number of rotatable bonds is 5. The maximum Gasteiger partial charge on any atom is 0.250 e. The zero-order chi connectivity index (χ0) is 15.4. The quantitative estimate of drug-likeness (QED) is 0.860. The Morgan fingerprint density at radius 2 is 1.59 bits per heavy atom. The Bertz CT molecular complexity index is 679. The van der Waals surface area contributed by atoms with Crippen molar-refractivity contribution in [2.75, 3.05) is 31.5 Å². The van der Waals surface area contributed by atoms with Crippen molar-refractivity contribution >= 4 is 5.69 Å². The number of nitrogens with one attached hydrogen (secondary N) is 1. The van der Waals surface area contributed by atoms with Crippen molar-refractivity contribution in [3.8, 4) is 11.1 Å². The molecule has 0 bridgehead atoms. The largest absolute Gasteiger partial charge is 0.380 e. The first-order valence-corrected chi connectivity index (χ1v) is 8.12. The summed E-state index contributed by atoms with van der Waals surface area (Å²) in [4.78, 5) is 26.1. The predicted octanol–water partition coefficient (Wildman–Crippen LogP) is 2.24. The first-order valence-electron chi connectivity index (χ1n) is 8.12. The molecule has 3 rings (SSSR count).